The SMILES string of the molecule is CCCc1nccn1-c1c(CNCC(C)C)c(C)nn1C. The quantitative estimate of drug-likeness (QED) is 0.852. The molecule has 0 fully saturated rings. The molecular formula is C16H27N5. The number of aromatic nitrogens is 4. The maximum Gasteiger partial charge on any atom is 0.140 e. The Morgan fingerprint density at radius 2 is 2.10 bits per heavy atom. The van der Waals surface area contributed by atoms with Gasteiger partial charge in [-0.1, -0.05) is 20.8 Å². The van der Waals surface area contributed by atoms with Crippen molar-refractivity contribution in [2.45, 2.75) is 47.1 Å². The lowest BCUT2D eigenvalue weighted by atomic mass is 10.2. The molecule has 0 aromatic carbocycles. The van der Waals surface area contributed by atoms with E-state index in [-0.39, 0.29) is 0 Å². The van der Waals surface area contributed by atoms with Gasteiger partial charge < -0.3 is 5.32 Å². The molecule has 2 heterocycles. The highest BCUT2D eigenvalue weighted by Gasteiger charge is 2.17. The first-order valence-electron chi connectivity index (χ1n) is 7.80. The molecule has 2 aromatic heterocycles. The zero-order chi connectivity index (χ0) is 15.4. The maximum absolute atomic E-state index is 4.59. The summed E-state index contributed by atoms with van der Waals surface area (Å²) in [6.07, 6.45) is 5.98. The van der Waals surface area contributed by atoms with Gasteiger partial charge in [0.05, 0.1) is 5.69 Å². The molecule has 0 aliphatic heterocycles. The van der Waals surface area contributed by atoms with Crippen molar-refractivity contribution in [3.63, 3.8) is 0 Å². The molecule has 0 saturated heterocycles. The molecule has 0 aliphatic rings. The molecule has 2 rings (SSSR count). The van der Waals surface area contributed by atoms with Crippen LogP contribution in [0.5, 0.6) is 0 Å². The molecule has 5 heteroatoms. The van der Waals surface area contributed by atoms with Crippen molar-refractivity contribution in [1.29, 1.82) is 0 Å². The first kappa shape index (κ1) is 15.8. The van der Waals surface area contributed by atoms with E-state index < -0.39 is 0 Å². The standard InChI is InChI=1S/C16H27N5/c1-6-7-15-18-8-9-21(15)16-14(11-17-10-12(2)3)13(4)19-20(16)5/h8-9,12,17H,6-7,10-11H2,1-5H3. The molecule has 0 amide bonds. The minimum Gasteiger partial charge on any atom is -0.312 e. The summed E-state index contributed by atoms with van der Waals surface area (Å²) in [4.78, 5) is 4.48. The molecular weight excluding hydrogens is 262 g/mol. The number of imidazole rings is 1. The van der Waals surface area contributed by atoms with Crippen LogP contribution in [0.2, 0.25) is 0 Å². The predicted molar refractivity (Wildman–Crippen MR) is 85.6 cm³/mol. The Morgan fingerprint density at radius 1 is 1.33 bits per heavy atom. The second-order valence-electron chi connectivity index (χ2n) is 6.00. The van der Waals surface area contributed by atoms with E-state index in [0.717, 1.165) is 43.3 Å². The monoisotopic (exact) mass is 289 g/mol. The van der Waals surface area contributed by atoms with Gasteiger partial charge in [-0.15, -0.1) is 0 Å². The molecule has 0 radical (unpaired) electrons. The number of hydrogen-bond donors (Lipinski definition) is 1. The summed E-state index contributed by atoms with van der Waals surface area (Å²) in [7, 11) is 2.00. The summed E-state index contributed by atoms with van der Waals surface area (Å²) in [5, 5.41) is 8.12. The van der Waals surface area contributed by atoms with E-state index in [9.17, 15) is 0 Å². The van der Waals surface area contributed by atoms with Gasteiger partial charge in [0.25, 0.3) is 0 Å². The number of nitrogens with one attached hydrogen (secondary N) is 1. The summed E-state index contributed by atoms with van der Waals surface area (Å²) < 4.78 is 4.14. The molecule has 0 saturated carbocycles. The minimum absolute atomic E-state index is 0.648. The lowest BCUT2D eigenvalue weighted by Crippen LogP contribution is -2.20. The molecule has 0 bridgehead atoms. The summed E-state index contributed by atoms with van der Waals surface area (Å²) in [6.45, 7) is 10.6. The zero-order valence-corrected chi connectivity index (χ0v) is 13.8. The van der Waals surface area contributed by atoms with Gasteiger partial charge in [-0.25, -0.2) is 4.98 Å². The van der Waals surface area contributed by atoms with E-state index in [1.807, 2.05) is 24.1 Å². The third-order valence-electron chi connectivity index (χ3n) is 3.59. The van der Waals surface area contributed by atoms with Gasteiger partial charge in [-0.05, 0) is 25.8 Å². The number of nitrogens with zero attached hydrogens (tertiary/aromatic N) is 4. The van der Waals surface area contributed by atoms with Gasteiger partial charge in [-0.3, -0.25) is 9.25 Å². The Bertz CT molecular complexity index is 580. The Hall–Kier alpha value is -1.62. The van der Waals surface area contributed by atoms with Crippen LogP contribution in [0.3, 0.4) is 0 Å². The molecule has 21 heavy (non-hydrogen) atoms. The van der Waals surface area contributed by atoms with Crippen molar-refractivity contribution >= 4 is 0 Å². The van der Waals surface area contributed by atoms with Crippen LogP contribution in [-0.2, 0) is 20.0 Å². The van der Waals surface area contributed by atoms with Crippen molar-refractivity contribution in [3.05, 3.63) is 29.5 Å². The fraction of sp³-hybridized carbons (Fsp3) is 0.625. The Kier molecular flexibility index (Phi) is 5.17. The number of rotatable bonds is 7. The van der Waals surface area contributed by atoms with E-state index in [1.165, 1.54) is 5.56 Å². The average molecular weight is 289 g/mol. The average Bonchev–Trinajstić information content (AvgIpc) is 2.95. The van der Waals surface area contributed by atoms with Crippen molar-refractivity contribution in [1.82, 2.24) is 24.6 Å². The smallest absolute Gasteiger partial charge is 0.140 e. The Balaban J connectivity index is 2.31. The third-order valence-corrected chi connectivity index (χ3v) is 3.59. The van der Waals surface area contributed by atoms with Crippen molar-refractivity contribution in [2.75, 3.05) is 6.54 Å². The highest BCUT2D eigenvalue weighted by Crippen LogP contribution is 2.20. The van der Waals surface area contributed by atoms with Crippen molar-refractivity contribution in [2.24, 2.45) is 13.0 Å². The molecule has 2 aromatic rings. The van der Waals surface area contributed by atoms with Gasteiger partial charge in [0, 0.05) is 38.0 Å². The van der Waals surface area contributed by atoms with Crippen LogP contribution in [0.15, 0.2) is 12.4 Å². The van der Waals surface area contributed by atoms with Crippen LogP contribution in [0.25, 0.3) is 5.82 Å². The second-order valence-corrected chi connectivity index (χ2v) is 6.00. The van der Waals surface area contributed by atoms with Gasteiger partial charge >= 0.3 is 0 Å². The summed E-state index contributed by atoms with van der Waals surface area (Å²) >= 11 is 0. The van der Waals surface area contributed by atoms with Gasteiger partial charge in [-0.2, -0.15) is 5.10 Å². The molecule has 0 spiro atoms. The van der Waals surface area contributed by atoms with E-state index in [2.05, 4.69) is 47.7 Å². The first-order valence-corrected chi connectivity index (χ1v) is 7.80. The largest absolute Gasteiger partial charge is 0.312 e. The van der Waals surface area contributed by atoms with Crippen LogP contribution in [0.4, 0.5) is 0 Å². The molecule has 1 N–H and O–H groups in total. The number of aryl methyl sites for hydroxylation is 3. The summed E-state index contributed by atoms with van der Waals surface area (Å²) in [5.41, 5.74) is 2.34. The van der Waals surface area contributed by atoms with E-state index in [4.69, 9.17) is 0 Å². The van der Waals surface area contributed by atoms with Crippen molar-refractivity contribution < 1.29 is 0 Å². The lowest BCUT2D eigenvalue weighted by Gasteiger charge is -2.12. The van der Waals surface area contributed by atoms with Crippen LogP contribution in [0, 0.1) is 12.8 Å². The molecule has 0 atom stereocenters. The summed E-state index contributed by atoms with van der Waals surface area (Å²) in [6, 6.07) is 0. The van der Waals surface area contributed by atoms with Crippen molar-refractivity contribution in [3.8, 4) is 5.82 Å². The lowest BCUT2D eigenvalue weighted by molar-refractivity contribution is 0.550. The highest BCUT2D eigenvalue weighted by molar-refractivity contribution is 5.39. The molecule has 5 nitrogen and oxygen atoms in total. The van der Waals surface area contributed by atoms with Gasteiger partial charge in [0.2, 0.25) is 0 Å². The normalized spacial score (nSPS) is 11.5. The topological polar surface area (TPSA) is 47.7 Å². The fourth-order valence-electron chi connectivity index (χ4n) is 2.62. The van der Waals surface area contributed by atoms with E-state index in [0.29, 0.717) is 5.92 Å². The zero-order valence-electron chi connectivity index (χ0n) is 13.8. The fourth-order valence-corrected chi connectivity index (χ4v) is 2.62. The van der Waals surface area contributed by atoms with Crippen LogP contribution < -0.4 is 5.32 Å². The molecule has 0 unspecified atom stereocenters. The third kappa shape index (κ3) is 3.53. The summed E-state index contributed by atoms with van der Waals surface area (Å²) in [5.74, 6) is 2.88. The van der Waals surface area contributed by atoms with Crippen LogP contribution in [0.1, 0.15) is 44.3 Å². The molecule has 0 aliphatic carbocycles. The Labute approximate surface area is 127 Å². The first-order chi connectivity index (χ1) is 10.0. The molecule has 116 valence electrons. The predicted octanol–water partition coefficient (Wildman–Crippen LogP) is 2.61. The minimum atomic E-state index is 0.648. The van der Waals surface area contributed by atoms with E-state index in [1.54, 1.807) is 0 Å². The van der Waals surface area contributed by atoms with E-state index >= 15 is 0 Å². The number of hydrogen-bond acceptors (Lipinski definition) is 3. The van der Waals surface area contributed by atoms with Crippen LogP contribution >= 0.6 is 0 Å². The Morgan fingerprint density at radius 3 is 2.76 bits per heavy atom. The van der Waals surface area contributed by atoms with Gasteiger partial charge in [0.15, 0.2) is 0 Å². The second kappa shape index (κ2) is 6.89. The van der Waals surface area contributed by atoms with Gasteiger partial charge in [0.1, 0.15) is 11.6 Å². The highest BCUT2D eigenvalue weighted by atomic mass is 15.3. The maximum atomic E-state index is 4.59. The van der Waals surface area contributed by atoms with Crippen LogP contribution in [-0.4, -0.2) is 25.9 Å².